The van der Waals surface area contributed by atoms with Gasteiger partial charge >= 0.3 is 0 Å². The van der Waals surface area contributed by atoms with E-state index in [4.69, 9.17) is 33.2 Å². The van der Waals surface area contributed by atoms with E-state index in [1.54, 1.807) is 56.3 Å². The normalized spacial score (nSPS) is 10.7. The largest absolute Gasteiger partial charge is 0.457 e. The van der Waals surface area contributed by atoms with Crippen LogP contribution in [0.25, 0.3) is 0 Å². The third-order valence-electron chi connectivity index (χ3n) is 2.95. The van der Waals surface area contributed by atoms with Crippen molar-refractivity contribution in [3.63, 3.8) is 0 Å². The zero-order valence-corrected chi connectivity index (χ0v) is 14.1. The summed E-state index contributed by atoms with van der Waals surface area (Å²) in [6, 6.07) is 13.5. The highest BCUT2D eigenvalue weighted by Crippen LogP contribution is 2.29. The molecule has 118 valence electrons. The summed E-state index contributed by atoms with van der Waals surface area (Å²) in [5.74, 6) is 0.777. The Balaban J connectivity index is 2.09. The molecule has 23 heavy (non-hydrogen) atoms. The number of hydrogen-bond acceptors (Lipinski definition) is 3. The Hall–Kier alpha value is -2.22. The highest BCUT2D eigenvalue weighted by Gasteiger charge is 2.20. The van der Waals surface area contributed by atoms with E-state index in [-0.39, 0.29) is 5.91 Å². The van der Waals surface area contributed by atoms with Gasteiger partial charge in [-0.2, -0.15) is 5.26 Å². The lowest BCUT2D eigenvalue weighted by Gasteiger charge is -2.17. The van der Waals surface area contributed by atoms with E-state index in [0.29, 0.717) is 27.1 Å². The molecule has 0 unspecified atom stereocenters. The molecule has 0 aliphatic rings. The minimum Gasteiger partial charge on any atom is -0.457 e. The lowest BCUT2D eigenvalue weighted by Crippen LogP contribution is -2.42. The van der Waals surface area contributed by atoms with Crippen molar-refractivity contribution in [1.29, 1.82) is 5.26 Å². The van der Waals surface area contributed by atoms with Crippen LogP contribution in [0.3, 0.4) is 0 Å². The Bertz CT molecular complexity index is 765. The van der Waals surface area contributed by atoms with Crippen LogP contribution in [0.15, 0.2) is 42.5 Å². The van der Waals surface area contributed by atoms with Gasteiger partial charge < -0.3 is 10.1 Å². The van der Waals surface area contributed by atoms with Gasteiger partial charge in [-0.05, 0) is 50.2 Å². The maximum absolute atomic E-state index is 12.0. The fourth-order valence-corrected chi connectivity index (χ4v) is 2.02. The average Bonchev–Trinajstić information content (AvgIpc) is 2.51. The smallest absolute Gasteiger partial charge is 0.252 e. The van der Waals surface area contributed by atoms with Crippen LogP contribution in [0.1, 0.15) is 24.2 Å². The highest BCUT2D eigenvalue weighted by atomic mass is 35.5. The fraction of sp³-hybridized carbons (Fsp3) is 0.176. The molecule has 0 aromatic heterocycles. The lowest BCUT2D eigenvalue weighted by molar-refractivity contribution is 0.0929. The number of hydrogen-bond donors (Lipinski definition) is 1. The maximum Gasteiger partial charge on any atom is 0.252 e. The quantitative estimate of drug-likeness (QED) is 0.861. The van der Waals surface area contributed by atoms with Crippen LogP contribution in [0.5, 0.6) is 11.5 Å². The SMILES string of the molecule is CC(C)(C#N)NC(=O)c1ccc(Oc2ccc(Cl)c(Cl)c2)cc1. The van der Waals surface area contributed by atoms with E-state index < -0.39 is 5.54 Å². The molecule has 2 rings (SSSR count). The van der Waals surface area contributed by atoms with Crippen LogP contribution >= 0.6 is 23.2 Å². The van der Waals surface area contributed by atoms with Crippen LogP contribution in [-0.2, 0) is 0 Å². The molecule has 6 heteroatoms. The number of ether oxygens (including phenoxy) is 1. The van der Waals surface area contributed by atoms with Gasteiger partial charge in [-0.25, -0.2) is 0 Å². The number of nitriles is 1. The van der Waals surface area contributed by atoms with Crippen molar-refractivity contribution in [2.24, 2.45) is 0 Å². The van der Waals surface area contributed by atoms with Crippen molar-refractivity contribution in [2.75, 3.05) is 0 Å². The predicted molar refractivity (Wildman–Crippen MR) is 90.1 cm³/mol. The second-order valence-electron chi connectivity index (χ2n) is 5.39. The lowest BCUT2D eigenvalue weighted by atomic mass is 10.1. The highest BCUT2D eigenvalue weighted by molar-refractivity contribution is 6.42. The average molecular weight is 349 g/mol. The molecule has 1 amide bonds. The summed E-state index contributed by atoms with van der Waals surface area (Å²) in [6.07, 6.45) is 0. The summed E-state index contributed by atoms with van der Waals surface area (Å²) in [4.78, 5) is 12.0. The van der Waals surface area contributed by atoms with E-state index in [9.17, 15) is 4.79 Å². The van der Waals surface area contributed by atoms with Gasteiger partial charge in [0.2, 0.25) is 0 Å². The Labute approximate surface area is 144 Å². The van der Waals surface area contributed by atoms with Crippen LogP contribution in [0.4, 0.5) is 0 Å². The molecule has 0 aliphatic carbocycles. The van der Waals surface area contributed by atoms with Crippen molar-refractivity contribution in [3.8, 4) is 17.6 Å². The molecule has 1 N–H and O–H groups in total. The van der Waals surface area contributed by atoms with Crippen molar-refractivity contribution >= 4 is 29.1 Å². The Morgan fingerprint density at radius 1 is 1.09 bits per heavy atom. The number of nitrogens with one attached hydrogen (secondary N) is 1. The summed E-state index contributed by atoms with van der Waals surface area (Å²) in [7, 11) is 0. The van der Waals surface area contributed by atoms with Gasteiger partial charge in [-0.3, -0.25) is 4.79 Å². The van der Waals surface area contributed by atoms with Crippen molar-refractivity contribution in [3.05, 3.63) is 58.1 Å². The summed E-state index contributed by atoms with van der Waals surface area (Å²) in [5.41, 5.74) is -0.485. The van der Waals surface area contributed by atoms with Crippen molar-refractivity contribution < 1.29 is 9.53 Å². The Morgan fingerprint density at radius 2 is 1.70 bits per heavy atom. The van der Waals surface area contributed by atoms with Gasteiger partial charge in [0, 0.05) is 11.6 Å². The first-order chi connectivity index (χ1) is 10.8. The molecular formula is C17H14Cl2N2O2. The molecule has 0 saturated heterocycles. The van der Waals surface area contributed by atoms with E-state index in [1.165, 1.54) is 0 Å². The molecule has 0 fully saturated rings. The van der Waals surface area contributed by atoms with E-state index in [1.807, 2.05) is 6.07 Å². The number of benzene rings is 2. The molecule has 4 nitrogen and oxygen atoms in total. The van der Waals surface area contributed by atoms with Gasteiger partial charge in [0.1, 0.15) is 17.0 Å². The number of halogens is 2. The topological polar surface area (TPSA) is 62.1 Å². The fourth-order valence-electron chi connectivity index (χ4n) is 1.73. The molecule has 0 bridgehead atoms. The Kier molecular flexibility index (Phi) is 5.15. The molecule has 2 aromatic rings. The van der Waals surface area contributed by atoms with E-state index in [0.717, 1.165) is 0 Å². The van der Waals surface area contributed by atoms with E-state index >= 15 is 0 Å². The number of nitrogens with zero attached hydrogens (tertiary/aromatic N) is 1. The van der Waals surface area contributed by atoms with Gasteiger partial charge in [0.15, 0.2) is 0 Å². The molecule has 2 aromatic carbocycles. The number of carbonyl (C=O) groups excluding carboxylic acids is 1. The third kappa shape index (κ3) is 4.62. The molecule has 0 aliphatic heterocycles. The molecule has 0 spiro atoms. The van der Waals surface area contributed by atoms with Gasteiger partial charge in [-0.15, -0.1) is 0 Å². The molecule has 0 radical (unpaired) electrons. The van der Waals surface area contributed by atoms with Gasteiger partial charge in [0.05, 0.1) is 16.1 Å². The second kappa shape index (κ2) is 6.91. The van der Waals surface area contributed by atoms with Crippen LogP contribution in [0.2, 0.25) is 10.0 Å². The number of carbonyl (C=O) groups is 1. The molecular weight excluding hydrogens is 335 g/mol. The number of rotatable bonds is 4. The minimum absolute atomic E-state index is 0.322. The molecule has 0 atom stereocenters. The zero-order valence-electron chi connectivity index (χ0n) is 12.6. The predicted octanol–water partition coefficient (Wildman–Crippen LogP) is 4.82. The summed E-state index contributed by atoms with van der Waals surface area (Å²) in [6.45, 7) is 3.26. The first-order valence-corrected chi connectivity index (χ1v) is 7.53. The standard InChI is InChI=1S/C17H14Cl2N2O2/c1-17(2,10-20)21-16(22)11-3-5-12(6-4-11)23-13-7-8-14(18)15(19)9-13/h3-9H,1-2H3,(H,21,22). The third-order valence-corrected chi connectivity index (χ3v) is 3.69. The summed E-state index contributed by atoms with van der Waals surface area (Å²) >= 11 is 11.8. The number of amides is 1. The second-order valence-corrected chi connectivity index (χ2v) is 6.21. The van der Waals surface area contributed by atoms with Crippen molar-refractivity contribution in [2.45, 2.75) is 19.4 Å². The van der Waals surface area contributed by atoms with Gasteiger partial charge in [-0.1, -0.05) is 23.2 Å². The van der Waals surface area contributed by atoms with E-state index in [2.05, 4.69) is 5.32 Å². The minimum atomic E-state index is -0.924. The molecule has 0 saturated carbocycles. The first kappa shape index (κ1) is 17.1. The summed E-state index contributed by atoms with van der Waals surface area (Å²) in [5, 5.41) is 12.4. The van der Waals surface area contributed by atoms with Crippen LogP contribution < -0.4 is 10.1 Å². The van der Waals surface area contributed by atoms with Crippen molar-refractivity contribution in [1.82, 2.24) is 5.32 Å². The first-order valence-electron chi connectivity index (χ1n) is 6.77. The monoisotopic (exact) mass is 348 g/mol. The Morgan fingerprint density at radius 3 is 2.26 bits per heavy atom. The maximum atomic E-state index is 12.0. The summed E-state index contributed by atoms with van der Waals surface area (Å²) < 4.78 is 5.64. The zero-order chi connectivity index (χ0) is 17.0. The van der Waals surface area contributed by atoms with Crippen LogP contribution in [-0.4, -0.2) is 11.4 Å². The van der Waals surface area contributed by atoms with Gasteiger partial charge in [0.25, 0.3) is 5.91 Å². The van der Waals surface area contributed by atoms with Crippen LogP contribution in [0, 0.1) is 11.3 Å². The molecule has 0 heterocycles.